The van der Waals surface area contributed by atoms with Crippen molar-refractivity contribution in [3.05, 3.63) is 70.2 Å². The number of halogens is 1. The molecule has 1 heterocycles. The molecule has 0 aliphatic carbocycles. The van der Waals surface area contributed by atoms with Crippen LogP contribution in [0.15, 0.2) is 69.5 Å². The molecule has 1 aliphatic heterocycles. The van der Waals surface area contributed by atoms with Gasteiger partial charge in [-0.1, -0.05) is 41.1 Å². The third-order valence-electron chi connectivity index (χ3n) is 4.53. The third kappa shape index (κ3) is 4.66. The van der Waals surface area contributed by atoms with Gasteiger partial charge >= 0.3 is 0 Å². The largest absolute Gasteiger partial charge is 0.322 e. The van der Waals surface area contributed by atoms with Crippen LogP contribution in [0.3, 0.4) is 0 Å². The standard InChI is InChI=1S/C20H21BrN2O3S/c1-2-15-3-7-18(8-4-15)22-20(24)16-11-13-23(14-12-16)27(25,26)19-9-5-17(21)6-10-19/h3-11H,2,12-14H2,1H3,(H,22,24). The van der Waals surface area contributed by atoms with Gasteiger partial charge in [0.2, 0.25) is 10.0 Å². The molecule has 7 heteroatoms. The number of rotatable bonds is 5. The second-order valence-electron chi connectivity index (χ2n) is 6.30. The van der Waals surface area contributed by atoms with E-state index in [1.54, 1.807) is 30.3 Å². The molecule has 0 saturated carbocycles. The van der Waals surface area contributed by atoms with Crippen molar-refractivity contribution in [3.8, 4) is 0 Å². The first-order chi connectivity index (χ1) is 12.9. The van der Waals surface area contributed by atoms with Crippen molar-refractivity contribution in [2.75, 3.05) is 18.4 Å². The zero-order valence-corrected chi connectivity index (χ0v) is 17.4. The second kappa shape index (κ2) is 8.37. The number of sulfonamides is 1. The summed E-state index contributed by atoms with van der Waals surface area (Å²) in [5.74, 6) is -0.181. The molecule has 2 aromatic rings. The van der Waals surface area contributed by atoms with E-state index < -0.39 is 10.0 Å². The van der Waals surface area contributed by atoms with Crippen LogP contribution >= 0.6 is 15.9 Å². The minimum atomic E-state index is -3.56. The lowest BCUT2D eigenvalue weighted by Gasteiger charge is -2.25. The lowest BCUT2D eigenvalue weighted by atomic mass is 10.1. The van der Waals surface area contributed by atoms with Gasteiger partial charge in [0.1, 0.15) is 0 Å². The Bertz CT molecular complexity index is 952. The van der Waals surface area contributed by atoms with Crippen LogP contribution in [-0.4, -0.2) is 31.7 Å². The summed E-state index contributed by atoms with van der Waals surface area (Å²) in [7, 11) is -3.56. The molecule has 0 fully saturated rings. The maximum absolute atomic E-state index is 12.7. The Hall–Kier alpha value is -1.96. The molecule has 142 valence electrons. The highest BCUT2D eigenvalue weighted by Crippen LogP contribution is 2.23. The Labute approximate surface area is 168 Å². The summed E-state index contributed by atoms with van der Waals surface area (Å²) >= 11 is 3.30. The van der Waals surface area contributed by atoms with Crippen molar-refractivity contribution in [2.24, 2.45) is 0 Å². The van der Waals surface area contributed by atoms with Crippen molar-refractivity contribution in [3.63, 3.8) is 0 Å². The topological polar surface area (TPSA) is 66.5 Å². The van der Waals surface area contributed by atoms with Gasteiger partial charge in [0, 0.05) is 28.8 Å². The van der Waals surface area contributed by atoms with E-state index in [9.17, 15) is 13.2 Å². The van der Waals surface area contributed by atoms with Crippen LogP contribution in [0.5, 0.6) is 0 Å². The highest BCUT2D eigenvalue weighted by atomic mass is 79.9. The predicted molar refractivity (Wildman–Crippen MR) is 110 cm³/mol. The van der Waals surface area contributed by atoms with E-state index in [2.05, 4.69) is 28.2 Å². The molecule has 27 heavy (non-hydrogen) atoms. The summed E-state index contributed by atoms with van der Waals surface area (Å²) in [6.07, 6.45) is 3.02. The minimum absolute atomic E-state index is 0.181. The number of nitrogens with zero attached hydrogens (tertiary/aromatic N) is 1. The van der Waals surface area contributed by atoms with Gasteiger partial charge < -0.3 is 5.32 Å². The van der Waals surface area contributed by atoms with Gasteiger partial charge in [-0.2, -0.15) is 4.31 Å². The molecule has 0 unspecified atom stereocenters. The first-order valence-electron chi connectivity index (χ1n) is 8.75. The van der Waals surface area contributed by atoms with Gasteiger partial charge in [-0.25, -0.2) is 8.42 Å². The van der Waals surface area contributed by atoms with Crippen molar-refractivity contribution in [2.45, 2.75) is 24.7 Å². The number of benzene rings is 2. The van der Waals surface area contributed by atoms with E-state index in [1.165, 1.54) is 9.87 Å². The molecule has 1 aliphatic rings. The van der Waals surface area contributed by atoms with Crippen LogP contribution in [0.1, 0.15) is 18.9 Å². The van der Waals surface area contributed by atoms with Crippen LogP contribution < -0.4 is 5.32 Å². The number of carbonyl (C=O) groups is 1. The number of amides is 1. The fourth-order valence-corrected chi connectivity index (χ4v) is 4.51. The first kappa shape index (κ1) is 19.8. The highest BCUT2D eigenvalue weighted by Gasteiger charge is 2.27. The monoisotopic (exact) mass is 448 g/mol. The number of anilines is 1. The molecule has 0 atom stereocenters. The Morgan fingerprint density at radius 1 is 1.11 bits per heavy atom. The SMILES string of the molecule is CCc1ccc(NC(=O)C2=CCN(S(=O)(=O)c3ccc(Br)cc3)CC2)cc1. The molecule has 5 nitrogen and oxygen atoms in total. The molecule has 0 spiro atoms. The fourth-order valence-electron chi connectivity index (χ4n) is 2.87. The van der Waals surface area contributed by atoms with Crippen molar-refractivity contribution < 1.29 is 13.2 Å². The van der Waals surface area contributed by atoms with E-state index in [0.717, 1.165) is 16.6 Å². The van der Waals surface area contributed by atoms with E-state index in [-0.39, 0.29) is 23.9 Å². The van der Waals surface area contributed by atoms with Crippen LogP contribution in [0.4, 0.5) is 5.69 Å². The Balaban J connectivity index is 1.66. The maximum atomic E-state index is 12.7. The molecule has 3 rings (SSSR count). The second-order valence-corrected chi connectivity index (χ2v) is 9.15. The van der Waals surface area contributed by atoms with Gasteiger partial charge in [0.15, 0.2) is 0 Å². The van der Waals surface area contributed by atoms with Crippen molar-refractivity contribution >= 4 is 37.5 Å². The first-order valence-corrected chi connectivity index (χ1v) is 11.0. The molecule has 0 bridgehead atoms. The van der Waals surface area contributed by atoms with Crippen LogP contribution in [-0.2, 0) is 21.2 Å². The normalized spacial score (nSPS) is 15.3. The van der Waals surface area contributed by atoms with E-state index in [1.807, 2.05) is 24.3 Å². The summed E-state index contributed by atoms with van der Waals surface area (Å²) in [6.45, 7) is 2.55. The number of aryl methyl sites for hydroxylation is 1. The summed E-state index contributed by atoms with van der Waals surface area (Å²) in [6, 6.07) is 14.3. The molecule has 1 N–H and O–H groups in total. The Morgan fingerprint density at radius 3 is 2.33 bits per heavy atom. The van der Waals surface area contributed by atoms with Gasteiger partial charge in [-0.05, 0) is 54.8 Å². The molecule has 2 aromatic carbocycles. The summed E-state index contributed by atoms with van der Waals surface area (Å²) in [5, 5.41) is 2.87. The van der Waals surface area contributed by atoms with E-state index >= 15 is 0 Å². The Morgan fingerprint density at radius 2 is 1.78 bits per heavy atom. The number of nitrogens with one attached hydrogen (secondary N) is 1. The molecule has 1 amide bonds. The molecule has 0 aromatic heterocycles. The number of hydrogen-bond donors (Lipinski definition) is 1. The maximum Gasteiger partial charge on any atom is 0.251 e. The minimum Gasteiger partial charge on any atom is -0.322 e. The average molecular weight is 449 g/mol. The quantitative estimate of drug-likeness (QED) is 0.751. The van der Waals surface area contributed by atoms with Crippen molar-refractivity contribution in [1.82, 2.24) is 4.31 Å². The molecular weight excluding hydrogens is 428 g/mol. The van der Waals surface area contributed by atoms with Gasteiger partial charge in [-0.15, -0.1) is 0 Å². The molecular formula is C20H21BrN2O3S. The smallest absolute Gasteiger partial charge is 0.251 e. The third-order valence-corrected chi connectivity index (χ3v) is 6.94. The molecule has 0 radical (unpaired) electrons. The molecule has 0 saturated heterocycles. The summed E-state index contributed by atoms with van der Waals surface area (Å²) in [4.78, 5) is 12.7. The summed E-state index contributed by atoms with van der Waals surface area (Å²) in [5.41, 5.74) is 2.55. The van der Waals surface area contributed by atoms with E-state index in [4.69, 9.17) is 0 Å². The van der Waals surface area contributed by atoms with Gasteiger partial charge in [-0.3, -0.25) is 4.79 Å². The van der Waals surface area contributed by atoms with Crippen LogP contribution in [0.25, 0.3) is 0 Å². The number of hydrogen-bond acceptors (Lipinski definition) is 3. The van der Waals surface area contributed by atoms with Crippen LogP contribution in [0, 0.1) is 0 Å². The predicted octanol–water partition coefficient (Wildman–Crippen LogP) is 3.97. The van der Waals surface area contributed by atoms with E-state index in [0.29, 0.717) is 12.0 Å². The lowest BCUT2D eigenvalue weighted by Crippen LogP contribution is -2.36. The summed E-state index contributed by atoms with van der Waals surface area (Å²) < 4.78 is 27.6. The highest BCUT2D eigenvalue weighted by molar-refractivity contribution is 9.10. The van der Waals surface area contributed by atoms with Gasteiger partial charge in [0.05, 0.1) is 4.90 Å². The fraction of sp³-hybridized carbons (Fsp3) is 0.250. The van der Waals surface area contributed by atoms with Gasteiger partial charge in [0.25, 0.3) is 5.91 Å². The average Bonchev–Trinajstić information content (AvgIpc) is 2.69. The zero-order chi connectivity index (χ0) is 19.4. The van der Waals surface area contributed by atoms with Crippen LogP contribution in [0.2, 0.25) is 0 Å². The number of carbonyl (C=O) groups excluding carboxylic acids is 1. The van der Waals surface area contributed by atoms with Crippen molar-refractivity contribution in [1.29, 1.82) is 0 Å². The Kier molecular flexibility index (Phi) is 6.14. The zero-order valence-electron chi connectivity index (χ0n) is 15.0. The lowest BCUT2D eigenvalue weighted by molar-refractivity contribution is -0.113.